The summed E-state index contributed by atoms with van der Waals surface area (Å²) in [5.41, 5.74) is 2.32. The number of hydrogen-bond acceptors (Lipinski definition) is 3. The molecular formula is C13H18O3. The lowest BCUT2D eigenvalue weighted by Gasteiger charge is -2.14. The van der Waals surface area contributed by atoms with Gasteiger partial charge in [-0.15, -0.1) is 0 Å². The summed E-state index contributed by atoms with van der Waals surface area (Å²) in [7, 11) is 0. The topological polar surface area (TPSA) is 49.7 Å². The maximum atomic E-state index is 10.1. The molecule has 1 aromatic rings. The molecule has 0 bridgehead atoms. The van der Waals surface area contributed by atoms with Gasteiger partial charge in [0.25, 0.3) is 0 Å². The number of ether oxygens (including phenoxy) is 1. The minimum absolute atomic E-state index is 0.0629. The summed E-state index contributed by atoms with van der Waals surface area (Å²) in [6, 6.07) is 8.05. The summed E-state index contributed by atoms with van der Waals surface area (Å²) in [6.45, 7) is 1.06. The maximum Gasteiger partial charge on any atom is 0.0824 e. The third-order valence-corrected chi connectivity index (χ3v) is 3.17. The van der Waals surface area contributed by atoms with Gasteiger partial charge in [-0.2, -0.15) is 0 Å². The Bertz CT molecular complexity index is 338. The van der Waals surface area contributed by atoms with Gasteiger partial charge in [0.05, 0.1) is 19.3 Å². The van der Waals surface area contributed by atoms with Gasteiger partial charge in [0, 0.05) is 6.61 Å². The molecule has 1 aromatic carbocycles. The van der Waals surface area contributed by atoms with Gasteiger partial charge in [-0.1, -0.05) is 24.3 Å². The van der Waals surface area contributed by atoms with Crippen LogP contribution in [0.2, 0.25) is 0 Å². The van der Waals surface area contributed by atoms with E-state index in [9.17, 15) is 5.11 Å². The van der Waals surface area contributed by atoms with Crippen molar-refractivity contribution in [2.45, 2.75) is 18.9 Å². The van der Waals surface area contributed by atoms with Crippen LogP contribution in [0.4, 0.5) is 0 Å². The molecule has 2 unspecified atom stereocenters. The number of aliphatic hydroxyl groups excluding tert-OH is 2. The Morgan fingerprint density at radius 3 is 2.81 bits per heavy atom. The molecule has 1 aliphatic rings. The molecule has 2 atom stereocenters. The molecule has 88 valence electrons. The average molecular weight is 222 g/mol. The Labute approximate surface area is 95.7 Å². The molecule has 3 heteroatoms. The highest BCUT2D eigenvalue weighted by atomic mass is 16.5. The molecular weight excluding hydrogens is 204 g/mol. The van der Waals surface area contributed by atoms with Crippen LogP contribution < -0.4 is 0 Å². The highest BCUT2D eigenvalue weighted by molar-refractivity contribution is 5.34. The van der Waals surface area contributed by atoms with Crippen molar-refractivity contribution >= 4 is 0 Å². The fourth-order valence-electron chi connectivity index (χ4n) is 2.32. The lowest BCUT2D eigenvalue weighted by molar-refractivity contribution is 0.0580. The Kier molecular flexibility index (Phi) is 3.93. The van der Waals surface area contributed by atoms with E-state index in [1.165, 1.54) is 5.56 Å². The quantitative estimate of drug-likeness (QED) is 0.738. The molecule has 3 nitrogen and oxygen atoms in total. The van der Waals surface area contributed by atoms with E-state index in [1.54, 1.807) is 0 Å². The van der Waals surface area contributed by atoms with E-state index in [4.69, 9.17) is 9.84 Å². The van der Waals surface area contributed by atoms with Gasteiger partial charge in [0.1, 0.15) is 0 Å². The van der Waals surface area contributed by atoms with Crippen LogP contribution in [0.25, 0.3) is 0 Å². The molecule has 2 N–H and O–H groups in total. The number of fused-ring (bicyclic) bond motifs is 1. The third kappa shape index (κ3) is 2.43. The Hall–Kier alpha value is -0.900. The van der Waals surface area contributed by atoms with Crippen molar-refractivity contribution in [2.24, 2.45) is 5.92 Å². The summed E-state index contributed by atoms with van der Waals surface area (Å²) in [4.78, 5) is 0. The fourth-order valence-corrected chi connectivity index (χ4v) is 2.32. The first-order chi connectivity index (χ1) is 7.83. The van der Waals surface area contributed by atoms with Crippen molar-refractivity contribution in [1.29, 1.82) is 0 Å². The molecule has 0 aromatic heterocycles. The molecule has 2 rings (SSSR count). The van der Waals surface area contributed by atoms with Gasteiger partial charge >= 0.3 is 0 Å². The number of hydrogen-bond donors (Lipinski definition) is 2. The first-order valence-electron chi connectivity index (χ1n) is 5.77. The monoisotopic (exact) mass is 222 g/mol. The van der Waals surface area contributed by atoms with E-state index in [0.29, 0.717) is 13.2 Å². The fraction of sp³-hybridized carbons (Fsp3) is 0.538. The zero-order valence-electron chi connectivity index (χ0n) is 9.30. The van der Waals surface area contributed by atoms with Crippen LogP contribution in [0.1, 0.15) is 23.7 Å². The predicted octanol–water partition coefficient (Wildman–Crippen LogP) is 1.29. The number of aliphatic hydroxyl groups is 2. The largest absolute Gasteiger partial charge is 0.394 e. The van der Waals surface area contributed by atoms with E-state index in [1.807, 2.05) is 18.2 Å². The van der Waals surface area contributed by atoms with Crippen molar-refractivity contribution in [3.8, 4) is 0 Å². The molecule has 0 spiro atoms. The second-order valence-electron chi connectivity index (χ2n) is 4.23. The van der Waals surface area contributed by atoms with Gasteiger partial charge in [-0.3, -0.25) is 0 Å². The third-order valence-electron chi connectivity index (χ3n) is 3.17. The number of benzene rings is 1. The standard InChI is InChI=1S/C13H18O3/c14-6-8-16-7-5-11-9-10-3-1-2-4-12(10)13(11)15/h1-4,11,13-15H,5-9H2. The van der Waals surface area contributed by atoms with Crippen molar-refractivity contribution < 1.29 is 14.9 Å². The Morgan fingerprint density at radius 1 is 1.25 bits per heavy atom. The molecule has 0 amide bonds. The van der Waals surface area contributed by atoms with E-state index in [2.05, 4.69) is 6.07 Å². The van der Waals surface area contributed by atoms with Gasteiger partial charge in [0.2, 0.25) is 0 Å². The van der Waals surface area contributed by atoms with Crippen LogP contribution in [0.5, 0.6) is 0 Å². The van der Waals surface area contributed by atoms with Crippen molar-refractivity contribution in [1.82, 2.24) is 0 Å². The molecule has 1 aliphatic carbocycles. The molecule has 0 aliphatic heterocycles. The zero-order valence-corrected chi connectivity index (χ0v) is 9.30. The van der Waals surface area contributed by atoms with Gasteiger partial charge in [-0.25, -0.2) is 0 Å². The van der Waals surface area contributed by atoms with Crippen LogP contribution in [0.15, 0.2) is 24.3 Å². The minimum Gasteiger partial charge on any atom is -0.394 e. The van der Waals surface area contributed by atoms with Crippen molar-refractivity contribution in [3.05, 3.63) is 35.4 Å². The predicted molar refractivity (Wildman–Crippen MR) is 61.1 cm³/mol. The highest BCUT2D eigenvalue weighted by Gasteiger charge is 2.29. The smallest absolute Gasteiger partial charge is 0.0824 e. The van der Waals surface area contributed by atoms with Crippen molar-refractivity contribution in [2.75, 3.05) is 19.8 Å². The van der Waals surface area contributed by atoms with Crippen LogP contribution in [0.3, 0.4) is 0 Å². The van der Waals surface area contributed by atoms with E-state index in [-0.39, 0.29) is 18.6 Å². The van der Waals surface area contributed by atoms with Crippen LogP contribution in [0, 0.1) is 5.92 Å². The Morgan fingerprint density at radius 2 is 2.06 bits per heavy atom. The van der Waals surface area contributed by atoms with Crippen LogP contribution in [-0.2, 0) is 11.2 Å². The van der Waals surface area contributed by atoms with Crippen LogP contribution in [-0.4, -0.2) is 30.0 Å². The van der Waals surface area contributed by atoms with E-state index in [0.717, 1.165) is 18.4 Å². The summed E-state index contributed by atoms with van der Waals surface area (Å²) < 4.78 is 5.23. The second kappa shape index (κ2) is 5.43. The van der Waals surface area contributed by atoms with E-state index < -0.39 is 0 Å². The minimum atomic E-state index is -0.353. The van der Waals surface area contributed by atoms with Crippen molar-refractivity contribution in [3.63, 3.8) is 0 Å². The molecule has 0 radical (unpaired) electrons. The molecule has 16 heavy (non-hydrogen) atoms. The highest BCUT2D eigenvalue weighted by Crippen LogP contribution is 2.37. The maximum absolute atomic E-state index is 10.1. The lowest BCUT2D eigenvalue weighted by Crippen LogP contribution is -2.11. The second-order valence-corrected chi connectivity index (χ2v) is 4.23. The average Bonchev–Trinajstić information content (AvgIpc) is 2.63. The first-order valence-corrected chi connectivity index (χ1v) is 5.77. The lowest BCUT2D eigenvalue weighted by atomic mass is 10.0. The van der Waals surface area contributed by atoms with Crippen LogP contribution >= 0.6 is 0 Å². The molecule has 0 fully saturated rings. The summed E-state index contributed by atoms with van der Waals surface area (Å²) in [5, 5.41) is 18.7. The van der Waals surface area contributed by atoms with Gasteiger partial charge < -0.3 is 14.9 Å². The summed E-state index contributed by atoms with van der Waals surface area (Å²) in [5.74, 6) is 0.260. The molecule has 0 saturated carbocycles. The first kappa shape index (κ1) is 11.6. The SMILES string of the molecule is OCCOCCC1Cc2ccccc2C1O. The van der Waals surface area contributed by atoms with E-state index >= 15 is 0 Å². The zero-order chi connectivity index (χ0) is 11.4. The van der Waals surface area contributed by atoms with Gasteiger partial charge in [-0.05, 0) is 29.9 Å². The summed E-state index contributed by atoms with van der Waals surface area (Å²) >= 11 is 0. The molecule has 0 heterocycles. The summed E-state index contributed by atoms with van der Waals surface area (Å²) in [6.07, 6.45) is 1.42. The normalized spacial score (nSPS) is 23.4. The van der Waals surface area contributed by atoms with Gasteiger partial charge in [0.15, 0.2) is 0 Å². The number of rotatable bonds is 5. The Balaban J connectivity index is 1.87. The molecule has 0 saturated heterocycles.